The number of hydrogen-bond donors (Lipinski definition) is 2. The summed E-state index contributed by atoms with van der Waals surface area (Å²) in [5.41, 5.74) is 0.150. The molecular formula is C9H8Br2N2O5S. The number of hydrogen-bond acceptors (Lipinski definition) is 4. The van der Waals surface area contributed by atoms with Crippen LogP contribution in [0.15, 0.2) is 11.3 Å². The first-order chi connectivity index (χ1) is 8.95. The van der Waals surface area contributed by atoms with Crippen molar-refractivity contribution in [3.8, 4) is 0 Å². The minimum absolute atomic E-state index is 0.179. The van der Waals surface area contributed by atoms with Crippen LogP contribution in [0.4, 0.5) is 0 Å². The largest absolute Gasteiger partial charge is 0.614 e. The summed E-state index contributed by atoms with van der Waals surface area (Å²) in [6, 6.07) is -0.940. The predicted molar refractivity (Wildman–Crippen MR) is 72.9 cm³/mol. The first-order valence-corrected chi connectivity index (χ1v) is 8.35. The van der Waals surface area contributed by atoms with E-state index in [0.717, 1.165) is 4.90 Å². The van der Waals surface area contributed by atoms with E-state index in [1.54, 1.807) is 0 Å². The smallest absolute Gasteiger partial charge is 0.352 e. The second kappa shape index (κ2) is 5.43. The van der Waals surface area contributed by atoms with Crippen molar-refractivity contribution in [1.29, 1.82) is 0 Å². The lowest BCUT2D eigenvalue weighted by Gasteiger charge is -2.49. The third-order valence-corrected chi connectivity index (χ3v) is 6.81. The summed E-state index contributed by atoms with van der Waals surface area (Å²) in [4.78, 5) is 34.6. The van der Waals surface area contributed by atoms with Gasteiger partial charge < -0.3 is 15.0 Å². The maximum atomic E-state index is 12.2. The van der Waals surface area contributed by atoms with Crippen LogP contribution in [-0.4, -0.2) is 53.8 Å². The number of β-lactam (4-membered cyclic amide) rings is 1. The predicted octanol–water partition coefficient (Wildman–Crippen LogP) is -0.514. The molecule has 1 fully saturated rings. The van der Waals surface area contributed by atoms with Crippen molar-refractivity contribution in [1.82, 2.24) is 10.2 Å². The Hall–Kier alpha value is -0.580. The normalized spacial score (nSPS) is 33.6. The number of carbonyl (C=O) groups excluding carboxylic acids is 2. The molecule has 0 aromatic rings. The number of rotatable bonds is 4. The van der Waals surface area contributed by atoms with E-state index in [-0.39, 0.29) is 11.0 Å². The topological polar surface area (TPSA) is 110 Å². The van der Waals surface area contributed by atoms with Crippen molar-refractivity contribution in [3.05, 3.63) is 11.3 Å². The van der Waals surface area contributed by atoms with E-state index in [1.807, 2.05) is 0 Å². The zero-order valence-corrected chi connectivity index (χ0v) is 13.2. The Morgan fingerprint density at radius 3 is 2.74 bits per heavy atom. The van der Waals surface area contributed by atoms with Gasteiger partial charge in [-0.15, -0.1) is 0 Å². The maximum absolute atomic E-state index is 12.2. The third-order valence-electron chi connectivity index (χ3n) is 2.90. The highest BCUT2D eigenvalue weighted by Gasteiger charge is 2.62. The van der Waals surface area contributed by atoms with E-state index in [2.05, 4.69) is 37.2 Å². The van der Waals surface area contributed by atoms with Crippen LogP contribution < -0.4 is 5.32 Å². The number of alkyl halides is 2. The molecule has 2 rings (SSSR count). The molecule has 0 spiro atoms. The molecule has 2 aliphatic rings. The second-order valence-corrected chi connectivity index (χ2v) is 7.51. The van der Waals surface area contributed by atoms with E-state index >= 15 is 0 Å². The Balaban J connectivity index is 2.46. The summed E-state index contributed by atoms with van der Waals surface area (Å²) in [6.07, 6.45) is 0.338. The molecule has 0 bridgehead atoms. The van der Waals surface area contributed by atoms with Gasteiger partial charge in [0, 0.05) is 10.9 Å². The van der Waals surface area contributed by atoms with Crippen molar-refractivity contribution in [2.75, 3.05) is 5.33 Å². The van der Waals surface area contributed by atoms with Crippen LogP contribution in [0, 0.1) is 0 Å². The summed E-state index contributed by atoms with van der Waals surface area (Å²) < 4.78 is 11.5. The highest BCUT2D eigenvalue weighted by atomic mass is 79.9. The number of fused-ring (bicyclic) bond motifs is 1. The maximum Gasteiger partial charge on any atom is 0.352 e. The lowest BCUT2D eigenvalue weighted by atomic mass is 10.0. The molecule has 0 aliphatic carbocycles. The number of carbonyl (C=O) groups is 3. The van der Waals surface area contributed by atoms with Crippen molar-refractivity contribution in [2.45, 2.75) is 15.6 Å². The molecule has 0 saturated carbocycles. The van der Waals surface area contributed by atoms with Gasteiger partial charge in [0.25, 0.3) is 5.91 Å². The number of carboxylic acid groups (broad SMARTS) is 1. The van der Waals surface area contributed by atoms with E-state index in [9.17, 15) is 24.0 Å². The molecule has 0 radical (unpaired) electrons. The first-order valence-electron chi connectivity index (χ1n) is 5.04. The highest BCUT2D eigenvalue weighted by Crippen LogP contribution is 2.42. The van der Waals surface area contributed by atoms with Gasteiger partial charge in [0.2, 0.25) is 11.8 Å². The highest BCUT2D eigenvalue weighted by molar-refractivity contribution is 9.11. The van der Waals surface area contributed by atoms with Crippen molar-refractivity contribution < 1.29 is 24.0 Å². The quantitative estimate of drug-likeness (QED) is 0.278. The monoisotopic (exact) mass is 414 g/mol. The number of amides is 2. The molecule has 2 N–H and O–H groups in total. The molecule has 1 saturated heterocycles. The van der Waals surface area contributed by atoms with Gasteiger partial charge in [-0.1, -0.05) is 15.9 Å². The van der Waals surface area contributed by atoms with Crippen molar-refractivity contribution in [2.24, 2.45) is 0 Å². The molecule has 2 aliphatic heterocycles. The van der Waals surface area contributed by atoms with Crippen LogP contribution in [0.25, 0.3) is 0 Å². The Bertz CT molecular complexity index is 485. The van der Waals surface area contributed by atoms with Gasteiger partial charge in [-0.2, -0.15) is 0 Å². The van der Waals surface area contributed by atoms with E-state index in [1.165, 1.54) is 0 Å². The molecular weight excluding hydrogens is 408 g/mol. The number of aliphatic carboxylic acids is 1. The van der Waals surface area contributed by atoms with Gasteiger partial charge in [0.1, 0.15) is 5.70 Å². The van der Waals surface area contributed by atoms with Gasteiger partial charge in [0.05, 0.1) is 0 Å². The lowest BCUT2D eigenvalue weighted by molar-refractivity contribution is -0.150. The van der Waals surface area contributed by atoms with Crippen LogP contribution in [-0.2, 0) is 25.6 Å². The van der Waals surface area contributed by atoms with Gasteiger partial charge in [-0.25, -0.2) is 4.79 Å². The minimum Gasteiger partial charge on any atom is -0.614 e. The zero-order chi connectivity index (χ0) is 14.3. The average molecular weight is 416 g/mol. The SMILES string of the molecule is O=CNC1C(=O)N2C(C(=O)O)=C(CBr)C(Br)[S+]([O-])[C@@H]12. The molecule has 4 atom stereocenters. The standard InChI is InChI=1S/C9H8Br2N2O5S/c10-1-3-5(9(16)17)13-7(15)4(12-2-14)8(13)19(18)6(3)11/h2,4,6,8H,1H2,(H,12,14)(H,16,17)/t4?,6?,8-,19?/m0/s1. The van der Waals surface area contributed by atoms with Gasteiger partial charge in [-0.05, 0) is 27.1 Å². The van der Waals surface area contributed by atoms with Gasteiger partial charge in [-0.3, -0.25) is 14.5 Å². The molecule has 7 nitrogen and oxygen atoms in total. The number of halogens is 2. The summed E-state index contributed by atoms with van der Waals surface area (Å²) in [5, 5.41) is 10.8. The lowest BCUT2D eigenvalue weighted by Crippen LogP contribution is -2.74. The van der Waals surface area contributed by atoms with Crippen LogP contribution in [0.3, 0.4) is 0 Å². The summed E-state index contributed by atoms with van der Waals surface area (Å²) in [6.45, 7) is 0. The fraction of sp³-hybridized carbons (Fsp3) is 0.444. The van der Waals surface area contributed by atoms with E-state index in [4.69, 9.17) is 0 Å². The summed E-state index contributed by atoms with van der Waals surface area (Å²) in [5.74, 6) is -1.83. The fourth-order valence-corrected chi connectivity index (χ4v) is 5.94. The van der Waals surface area contributed by atoms with Gasteiger partial charge >= 0.3 is 5.97 Å². The van der Waals surface area contributed by atoms with Crippen molar-refractivity contribution >= 4 is 61.3 Å². The van der Waals surface area contributed by atoms with Crippen molar-refractivity contribution in [3.63, 3.8) is 0 Å². The average Bonchev–Trinajstić information content (AvgIpc) is 2.38. The minimum atomic E-state index is -1.54. The van der Waals surface area contributed by atoms with E-state index < -0.39 is 38.6 Å². The molecule has 0 aromatic heterocycles. The zero-order valence-electron chi connectivity index (χ0n) is 9.21. The molecule has 10 heteroatoms. The first kappa shape index (κ1) is 14.8. The summed E-state index contributed by atoms with van der Waals surface area (Å²) in [7, 11) is 0. The Morgan fingerprint density at radius 1 is 1.63 bits per heavy atom. The van der Waals surface area contributed by atoms with E-state index in [0.29, 0.717) is 12.0 Å². The second-order valence-electron chi connectivity index (χ2n) is 3.82. The van der Waals surface area contributed by atoms with Crippen LogP contribution in [0.1, 0.15) is 0 Å². The molecule has 104 valence electrons. The molecule has 3 unspecified atom stereocenters. The Kier molecular flexibility index (Phi) is 4.23. The molecule has 2 amide bonds. The number of nitrogens with zero attached hydrogens (tertiary/aromatic N) is 1. The van der Waals surface area contributed by atoms with Gasteiger partial charge in [0.15, 0.2) is 10.2 Å². The Labute approximate surface area is 127 Å². The Morgan fingerprint density at radius 2 is 2.26 bits per heavy atom. The van der Waals surface area contributed by atoms with Crippen LogP contribution >= 0.6 is 31.9 Å². The fourth-order valence-electron chi connectivity index (χ4n) is 2.06. The van der Waals surface area contributed by atoms with Crippen LogP contribution in [0.2, 0.25) is 0 Å². The third kappa shape index (κ3) is 2.10. The summed E-state index contributed by atoms with van der Waals surface area (Å²) >= 11 is 4.77. The molecule has 19 heavy (non-hydrogen) atoms. The molecule has 2 heterocycles. The van der Waals surface area contributed by atoms with Crippen LogP contribution in [0.5, 0.6) is 0 Å². The number of nitrogens with one attached hydrogen (secondary N) is 1. The molecule has 0 aromatic carbocycles. The number of carboxylic acids is 1.